The molecule has 1 amide bonds. The number of likely N-dealkylation sites (tertiary alicyclic amines) is 1. The molecule has 1 saturated heterocycles. The molecule has 3 aromatic carbocycles. The monoisotopic (exact) mass is 596 g/mol. The number of piperidine rings is 1. The number of fused-ring (bicyclic) bond motifs is 1. The van der Waals surface area contributed by atoms with Crippen LogP contribution in [0.15, 0.2) is 71.6 Å². The van der Waals surface area contributed by atoms with Crippen LogP contribution < -0.4 is 10.0 Å². The van der Waals surface area contributed by atoms with Crippen LogP contribution in [0.5, 0.6) is 0 Å². The number of amides is 1. The average molecular weight is 597 g/mol. The predicted molar refractivity (Wildman–Crippen MR) is 171 cm³/mol. The van der Waals surface area contributed by atoms with E-state index in [1.807, 2.05) is 35.2 Å². The van der Waals surface area contributed by atoms with Crippen LogP contribution in [0.25, 0.3) is 33.5 Å². The maximum atomic E-state index is 13.8. The molecule has 1 saturated carbocycles. The molecule has 7 nitrogen and oxygen atoms in total. The number of para-hydroxylation sites is 1. The summed E-state index contributed by atoms with van der Waals surface area (Å²) in [6.07, 6.45) is 4.47. The second kappa shape index (κ2) is 10.4. The number of hydrogen-bond donors (Lipinski definition) is 1. The maximum absolute atomic E-state index is 13.8. The van der Waals surface area contributed by atoms with Gasteiger partial charge >= 0.3 is 0 Å². The summed E-state index contributed by atoms with van der Waals surface area (Å²) in [4.78, 5) is 22.1. The molecule has 2 aromatic heterocycles. The number of anilines is 1. The van der Waals surface area contributed by atoms with Gasteiger partial charge in [0.25, 0.3) is 5.91 Å². The highest BCUT2D eigenvalue weighted by Gasteiger charge is 2.31. The van der Waals surface area contributed by atoms with E-state index in [2.05, 4.69) is 49.8 Å². The summed E-state index contributed by atoms with van der Waals surface area (Å²) >= 11 is 7.86. The first-order valence-electron chi connectivity index (χ1n) is 14.9. The maximum Gasteiger partial charge on any atom is 0.254 e. The van der Waals surface area contributed by atoms with E-state index >= 15 is 0 Å². The number of aromatic nitrogens is 3. The minimum atomic E-state index is 0.0286. The van der Waals surface area contributed by atoms with Gasteiger partial charge in [-0.05, 0) is 92.1 Å². The van der Waals surface area contributed by atoms with E-state index in [0.29, 0.717) is 12.1 Å². The van der Waals surface area contributed by atoms with Crippen molar-refractivity contribution in [3.05, 3.63) is 77.3 Å². The molecule has 0 spiro atoms. The number of nitrogens with zero attached hydrogens (tertiary/aromatic N) is 5. The average Bonchev–Trinajstić information content (AvgIpc) is 3.65. The third-order valence-electron chi connectivity index (χ3n) is 8.82. The Balaban J connectivity index is 1.28. The zero-order valence-corrected chi connectivity index (χ0v) is 24.9. The van der Waals surface area contributed by atoms with Gasteiger partial charge in [-0.3, -0.25) is 4.79 Å². The van der Waals surface area contributed by atoms with Crippen molar-refractivity contribution in [2.45, 2.75) is 49.7 Å². The van der Waals surface area contributed by atoms with Crippen LogP contribution in [-0.4, -0.2) is 50.6 Å². The van der Waals surface area contributed by atoms with Crippen molar-refractivity contribution in [3.63, 3.8) is 0 Å². The topological polar surface area (TPSA) is 72.3 Å². The molecule has 8 rings (SSSR count). The fraction of sp³-hybridized carbons (Fsp3) is 0.333. The van der Waals surface area contributed by atoms with Gasteiger partial charge in [-0.1, -0.05) is 29.8 Å². The summed E-state index contributed by atoms with van der Waals surface area (Å²) in [6, 6.07) is 22.9. The molecule has 1 atom stereocenters. The highest BCUT2D eigenvalue weighted by Crippen LogP contribution is 2.42. The van der Waals surface area contributed by atoms with E-state index in [4.69, 9.17) is 22.3 Å². The Hall–Kier alpha value is -3.46. The number of carbonyl (C=O) groups is 1. The van der Waals surface area contributed by atoms with E-state index < -0.39 is 0 Å². The Kier molecular flexibility index (Phi) is 6.46. The zero-order valence-electron chi connectivity index (χ0n) is 23.4. The van der Waals surface area contributed by atoms with Gasteiger partial charge in [-0.15, -0.1) is 0 Å². The van der Waals surface area contributed by atoms with E-state index in [1.54, 1.807) is 11.9 Å². The van der Waals surface area contributed by atoms with E-state index in [9.17, 15) is 4.79 Å². The fourth-order valence-electron chi connectivity index (χ4n) is 6.53. The fourth-order valence-corrected chi connectivity index (χ4v) is 7.58. The van der Waals surface area contributed by atoms with Crippen LogP contribution in [0.2, 0.25) is 5.02 Å². The van der Waals surface area contributed by atoms with Gasteiger partial charge in [-0.25, -0.2) is 4.98 Å². The van der Waals surface area contributed by atoms with Gasteiger partial charge in [0.05, 0.1) is 22.4 Å². The lowest BCUT2D eigenvalue weighted by Gasteiger charge is -2.32. The van der Waals surface area contributed by atoms with Crippen molar-refractivity contribution < 1.29 is 4.79 Å². The van der Waals surface area contributed by atoms with E-state index in [1.165, 1.54) is 23.7 Å². The van der Waals surface area contributed by atoms with Gasteiger partial charge in [-0.2, -0.15) is 0 Å². The van der Waals surface area contributed by atoms with Gasteiger partial charge in [0, 0.05) is 65.2 Å². The molecule has 42 heavy (non-hydrogen) atoms. The first kappa shape index (κ1) is 26.2. The number of carbonyl (C=O) groups excluding carboxylic acids is 1. The second-order valence-electron chi connectivity index (χ2n) is 11.9. The van der Waals surface area contributed by atoms with Crippen molar-refractivity contribution in [3.8, 4) is 11.5 Å². The third kappa shape index (κ3) is 4.66. The summed E-state index contributed by atoms with van der Waals surface area (Å²) in [5, 5.41) is 1.96. The second-order valence-corrected chi connectivity index (χ2v) is 13.4. The molecule has 214 valence electrons. The van der Waals surface area contributed by atoms with Crippen LogP contribution >= 0.6 is 23.5 Å². The largest absolute Gasteiger partial charge is 0.338 e. The van der Waals surface area contributed by atoms with Gasteiger partial charge in [0.15, 0.2) is 5.82 Å². The summed E-state index contributed by atoms with van der Waals surface area (Å²) in [6.45, 7) is 3.93. The van der Waals surface area contributed by atoms with Crippen molar-refractivity contribution in [1.82, 2.24) is 19.0 Å². The summed E-state index contributed by atoms with van der Waals surface area (Å²) in [7, 11) is 0. The van der Waals surface area contributed by atoms with Gasteiger partial charge in [0.1, 0.15) is 0 Å². The summed E-state index contributed by atoms with van der Waals surface area (Å²) in [5.74, 6) is 1.74. The number of nitrogens with two attached hydrogens (primary N) is 1. The van der Waals surface area contributed by atoms with Gasteiger partial charge < -0.3 is 24.1 Å². The molecular formula is C33H33ClN6OS. The lowest BCUT2D eigenvalue weighted by molar-refractivity contribution is 0.0709. The Labute approximate surface area is 254 Å². The lowest BCUT2D eigenvalue weighted by atomic mass is 10.0. The minimum Gasteiger partial charge on any atom is -0.338 e. The number of halogens is 1. The molecule has 2 N–H and O–H groups in total. The first-order chi connectivity index (χ1) is 20.5. The molecule has 5 aromatic rings. The van der Waals surface area contributed by atoms with Crippen LogP contribution in [0.4, 0.5) is 5.69 Å². The van der Waals surface area contributed by atoms with Crippen molar-refractivity contribution >= 4 is 57.1 Å². The van der Waals surface area contributed by atoms with Crippen LogP contribution in [0.1, 0.15) is 36.0 Å². The number of rotatable bonds is 6. The predicted octanol–water partition coefficient (Wildman–Crippen LogP) is 6.81. The van der Waals surface area contributed by atoms with Crippen LogP contribution in [-0.2, 0) is 13.1 Å². The van der Waals surface area contributed by atoms with Crippen LogP contribution in [0.3, 0.4) is 0 Å². The summed E-state index contributed by atoms with van der Waals surface area (Å²) in [5.41, 5.74) is 12.3. The Morgan fingerprint density at radius 2 is 1.83 bits per heavy atom. The molecule has 9 heteroatoms. The molecule has 0 radical (unpaired) electrons. The van der Waals surface area contributed by atoms with Crippen molar-refractivity contribution in [2.75, 3.05) is 23.9 Å². The highest BCUT2D eigenvalue weighted by molar-refractivity contribution is 8.00. The van der Waals surface area contributed by atoms with Crippen molar-refractivity contribution in [1.29, 1.82) is 0 Å². The molecule has 1 aliphatic carbocycles. The SMILES string of the molecule is NC1CCCN(C(=O)c2cc3c4c(c2)nc(-c2cc5ccccc5n2CC2CC2)n4CCN3Sc2ccc(Cl)cc2)C1. The Morgan fingerprint density at radius 1 is 1.00 bits per heavy atom. The number of hydrogen-bond acceptors (Lipinski definition) is 5. The zero-order chi connectivity index (χ0) is 28.4. The quantitative estimate of drug-likeness (QED) is 0.218. The normalized spacial score (nSPS) is 18.8. The minimum absolute atomic E-state index is 0.0286. The Bertz CT molecular complexity index is 1820. The van der Waals surface area contributed by atoms with Gasteiger partial charge in [0.2, 0.25) is 0 Å². The molecule has 1 unspecified atom stereocenters. The molecule has 4 heterocycles. The molecule has 2 fully saturated rings. The highest BCUT2D eigenvalue weighted by atomic mass is 35.5. The Morgan fingerprint density at radius 3 is 2.64 bits per heavy atom. The lowest BCUT2D eigenvalue weighted by Crippen LogP contribution is -2.45. The smallest absolute Gasteiger partial charge is 0.254 e. The molecule has 3 aliphatic rings. The number of imidazole rings is 1. The first-order valence-corrected chi connectivity index (χ1v) is 16.1. The summed E-state index contributed by atoms with van der Waals surface area (Å²) < 4.78 is 7.13. The molecular weight excluding hydrogens is 564 g/mol. The van der Waals surface area contributed by atoms with Crippen LogP contribution in [0, 0.1) is 5.92 Å². The molecule has 0 bridgehead atoms. The number of benzene rings is 3. The van der Waals surface area contributed by atoms with Crippen molar-refractivity contribution in [2.24, 2.45) is 11.7 Å². The van der Waals surface area contributed by atoms with E-state index in [0.717, 1.165) is 83.1 Å². The van der Waals surface area contributed by atoms with E-state index in [-0.39, 0.29) is 11.9 Å². The third-order valence-corrected chi connectivity index (χ3v) is 10.2. The molecule has 2 aliphatic heterocycles. The standard InChI is InChI=1S/C33H33ClN6OS/c34-24-9-11-26(12-10-24)42-40-15-14-38-31-27(16-23(18-29(31)40)33(41)37-13-3-5-25(35)20-37)36-32(38)30-17-22-4-1-2-6-28(22)39(30)19-21-7-8-21/h1-2,4,6,9-12,16-18,21,25H,3,5,7-8,13-15,19-20,35H2.